The predicted octanol–water partition coefficient (Wildman–Crippen LogP) is 1.30. The van der Waals surface area contributed by atoms with Gasteiger partial charge < -0.3 is 20.3 Å². The summed E-state index contributed by atoms with van der Waals surface area (Å²) in [5, 5.41) is 5.50. The summed E-state index contributed by atoms with van der Waals surface area (Å²) in [5.41, 5.74) is 1.94. The highest BCUT2D eigenvalue weighted by molar-refractivity contribution is 5.85. The summed E-state index contributed by atoms with van der Waals surface area (Å²) in [5.74, 6) is 0.370. The number of ether oxygens (including phenoxy) is 1. The van der Waals surface area contributed by atoms with Crippen LogP contribution in [0.15, 0.2) is 48.7 Å². The van der Waals surface area contributed by atoms with Crippen molar-refractivity contribution in [2.75, 3.05) is 19.6 Å². The van der Waals surface area contributed by atoms with Crippen LogP contribution >= 0.6 is 0 Å². The highest BCUT2D eigenvalue weighted by Crippen LogP contribution is 2.12. The number of carbonyl (C=O) groups excluding carboxylic acids is 2. The Morgan fingerprint density at radius 1 is 1.24 bits per heavy atom. The van der Waals surface area contributed by atoms with Crippen LogP contribution in [-0.4, -0.2) is 41.5 Å². The van der Waals surface area contributed by atoms with Gasteiger partial charge in [-0.25, -0.2) is 9.78 Å². The van der Waals surface area contributed by atoms with Crippen LogP contribution in [0.3, 0.4) is 0 Å². The summed E-state index contributed by atoms with van der Waals surface area (Å²) in [4.78, 5) is 29.1. The van der Waals surface area contributed by atoms with Gasteiger partial charge in [-0.3, -0.25) is 4.79 Å². The Kier molecular flexibility index (Phi) is 5.46. The van der Waals surface area contributed by atoms with Gasteiger partial charge in [0, 0.05) is 31.9 Å². The molecule has 1 aromatic carbocycles. The van der Waals surface area contributed by atoms with Crippen molar-refractivity contribution in [3.8, 4) is 5.88 Å². The summed E-state index contributed by atoms with van der Waals surface area (Å²) < 4.78 is 5.68. The lowest BCUT2D eigenvalue weighted by molar-refractivity contribution is -0.123. The largest absolute Gasteiger partial charge is 0.473 e. The molecule has 2 aromatic rings. The van der Waals surface area contributed by atoms with Gasteiger partial charge in [-0.2, -0.15) is 0 Å². The molecule has 1 aromatic heterocycles. The lowest BCUT2D eigenvalue weighted by Crippen LogP contribution is -2.52. The van der Waals surface area contributed by atoms with Crippen molar-refractivity contribution in [3.63, 3.8) is 0 Å². The van der Waals surface area contributed by atoms with E-state index in [-0.39, 0.29) is 18.5 Å². The SMILES string of the molecule is O=C1CN(C(=O)NCc2ccnc(OCc3ccccc3)c2)CCN1. The van der Waals surface area contributed by atoms with Gasteiger partial charge in [0.1, 0.15) is 13.2 Å². The summed E-state index contributed by atoms with van der Waals surface area (Å²) in [7, 11) is 0. The first-order valence-electron chi connectivity index (χ1n) is 8.12. The van der Waals surface area contributed by atoms with Gasteiger partial charge in [-0.1, -0.05) is 30.3 Å². The second-order valence-corrected chi connectivity index (χ2v) is 5.71. The third-order valence-electron chi connectivity index (χ3n) is 3.80. The minimum Gasteiger partial charge on any atom is -0.473 e. The van der Waals surface area contributed by atoms with Gasteiger partial charge in [-0.15, -0.1) is 0 Å². The van der Waals surface area contributed by atoms with Crippen molar-refractivity contribution in [2.24, 2.45) is 0 Å². The molecule has 1 aliphatic rings. The van der Waals surface area contributed by atoms with E-state index in [4.69, 9.17) is 4.74 Å². The molecule has 3 amide bonds. The van der Waals surface area contributed by atoms with E-state index in [2.05, 4.69) is 15.6 Å². The van der Waals surface area contributed by atoms with E-state index in [1.807, 2.05) is 36.4 Å². The third kappa shape index (κ3) is 4.94. The van der Waals surface area contributed by atoms with Crippen LogP contribution in [-0.2, 0) is 17.9 Å². The minimum atomic E-state index is -0.251. The molecule has 0 saturated carbocycles. The van der Waals surface area contributed by atoms with Crippen molar-refractivity contribution in [1.29, 1.82) is 0 Å². The van der Waals surface area contributed by atoms with Crippen molar-refractivity contribution in [1.82, 2.24) is 20.5 Å². The second-order valence-electron chi connectivity index (χ2n) is 5.71. The highest BCUT2D eigenvalue weighted by Gasteiger charge is 2.20. The maximum atomic E-state index is 12.1. The molecule has 25 heavy (non-hydrogen) atoms. The number of urea groups is 1. The van der Waals surface area contributed by atoms with E-state index in [1.54, 1.807) is 12.3 Å². The maximum absolute atomic E-state index is 12.1. The fourth-order valence-corrected chi connectivity index (χ4v) is 2.47. The van der Waals surface area contributed by atoms with Crippen LogP contribution in [0.2, 0.25) is 0 Å². The molecule has 0 radical (unpaired) electrons. The summed E-state index contributed by atoms with van der Waals surface area (Å²) in [6.07, 6.45) is 1.65. The quantitative estimate of drug-likeness (QED) is 0.859. The highest BCUT2D eigenvalue weighted by atomic mass is 16.5. The smallest absolute Gasteiger partial charge is 0.318 e. The molecule has 0 aliphatic carbocycles. The average molecular weight is 340 g/mol. The van der Waals surface area contributed by atoms with Crippen LogP contribution in [0.5, 0.6) is 5.88 Å². The first-order valence-corrected chi connectivity index (χ1v) is 8.12. The molecule has 1 aliphatic heterocycles. The lowest BCUT2D eigenvalue weighted by Gasteiger charge is -2.26. The zero-order valence-electron chi connectivity index (χ0n) is 13.8. The number of hydrogen-bond acceptors (Lipinski definition) is 4. The average Bonchev–Trinajstić information content (AvgIpc) is 2.66. The van der Waals surface area contributed by atoms with Gasteiger partial charge in [0.15, 0.2) is 0 Å². The Morgan fingerprint density at radius 3 is 2.88 bits per heavy atom. The van der Waals surface area contributed by atoms with Crippen LogP contribution in [0.1, 0.15) is 11.1 Å². The minimum absolute atomic E-state index is 0.0909. The number of amides is 3. The van der Waals surface area contributed by atoms with Crippen LogP contribution < -0.4 is 15.4 Å². The molecule has 2 heterocycles. The number of rotatable bonds is 5. The molecular weight excluding hydrogens is 320 g/mol. The number of carbonyl (C=O) groups is 2. The van der Waals surface area contributed by atoms with Gasteiger partial charge in [0.05, 0.1) is 0 Å². The van der Waals surface area contributed by atoms with E-state index in [0.29, 0.717) is 32.1 Å². The van der Waals surface area contributed by atoms with E-state index >= 15 is 0 Å². The second kappa shape index (κ2) is 8.14. The molecule has 3 rings (SSSR count). The first kappa shape index (κ1) is 16.8. The van der Waals surface area contributed by atoms with Crippen molar-refractivity contribution in [2.45, 2.75) is 13.2 Å². The zero-order valence-corrected chi connectivity index (χ0v) is 13.8. The fraction of sp³-hybridized carbons (Fsp3) is 0.278. The molecule has 0 spiro atoms. The Labute approximate surface area is 146 Å². The van der Waals surface area contributed by atoms with E-state index in [0.717, 1.165) is 11.1 Å². The molecule has 1 saturated heterocycles. The van der Waals surface area contributed by atoms with Crippen molar-refractivity contribution < 1.29 is 14.3 Å². The number of aromatic nitrogens is 1. The number of hydrogen-bond donors (Lipinski definition) is 2. The van der Waals surface area contributed by atoms with Crippen molar-refractivity contribution in [3.05, 3.63) is 59.8 Å². The molecule has 7 nitrogen and oxygen atoms in total. The number of benzene rings is 1. The molecule has 7 heteroatoms. The van der Waals surface area contributed by atoms with Crippen LogP contribution in [0.4, 0.5) is 4.79 Å². The normalized spacial score (nSPS) is 13.9. The van der Waals surface area contributed by atoms with Gasteiger partial charge in [0.25, 0.3) is 0 Å². The molecule has 2 N–H and O–H groups in total. The third-order valence-corrected chi connectivity index (χ3v) is 3.80. The Hall–Kier alpha value is -3.09. The van der Waals surface area contributed by atoms with E-state index in [9.17, 15) is 9.59 Å². The molecule has 0 atom stereocenters. The summed E-state index contributed by atoms with van der Waals surface area (Å²) >= 11 is 0. The number of nitrogens with one attached hydrogen (secondary N) is 2. The number of nitrogens with zero attached hydrogens (tertiary/aromatic N) is 2. The van der Waals surface area contributed by atoms with Crippen molar-refractivity contribution >= 4 is 11.9 Å². The summed E-state index contributed by atoms with van der Waals surface area (Å²) in [6.45, 7) is 1.87. The lowest BCUT2D eigenvalue weighted by atomic mass is 10.2. The Morgan fingerprint density at radius 2 is 2.08 bits per heavy atom. The Bertz CT molecular complexity index is 736. The van der Waals surface area contributed by atoms with E-state index < -0.39 is 0 Å². The molecule has 130 valence electrons. The number of pyridine rings is 1. The molecule has 0 bridgehead atoms. The predicted molar refractivity (Wildman–Crippen MR) is 91.8 cm³/mol. The standard InChI is InChI=1S/C18H20N4O3/c23-16-12-22(9-8-19-16)18(24)21-11-15-6-7-20-17(10-15)25-13-14-4-2-1-3-5-14/h1-7,10H,8-9,11-13H2,(H,19,23)(H,21,24). The van der Waals surface area contributed by atoms with Gasteiger partial charge in [-0.05, 0) is 17.2 Å². The first-order chi connectivity index (χ1) is 12.2. The van der Waals surface area contributed by atoms with Crippen LogP contribution in [0, 0.1) is 0 Å². The molecule has 1 fully saturated rings. The molecule has 0 unspecified atom stereocenters. The number of piperazine rings is 1. The summed E-state index contributed by atoms with van der Waals surface area (Å²) in [6, 6.07) is 13.2. The topological polar surface area (TPSA) is 83.6 Å². The Balaban J connectivity index is 1.51. The molecular formula is C18H20N4O3. The zero-order chi connectivity index (χ0) is 17.5. The fourth-order valence-electron chi connectivity index (χ4n) is 2.47. The van der Waals surface area contributed by atoms with Gasteiger partial charge in [0.2, 0.25) is 11.8 Å². The maximum Gasteiger partial charge on any atom is 0.318 e. The van der Waals surface area contributed by atoms with Crippen LogP contribution in [0.25, 0.3) is 0 Å². The monoisotopic (exact) mass is 340 g/mol. The van der Waals surface area contributed by atoms with Gasteiger partial charge >= 0.3 is 6.03 Å². The van der Waals surface area contributed by atoms with E-state index in [1.165, 1.54) is 4.90 Å².